The van der Waals surface area contributed by atoms with Gasteiger partial charge in [-0.15, -0.1) is 10.2 Å². The van der Waals surface area contributed by atoms with Crippen molar-refractivity contribution in [2.75, 3.05) is 11.5 Å². The number of aromatic nitrogens is 4. The molecule has 2 N–H and O–H groups in total. The highest BCUT2D eigenvalue weighted by Crippen LogP contribution is 2.51. The summed E-state index contributed by atoms with van der Waals surface area (Å²) < 4.78 is 0. The Morgan fingerprint density at radius 1 is 1.38 bits per heavy atom. The van der Waals surface area contributed by atoms with Gasteiger partial charge < -0.3 is 5.32 Å². The summed E-state index contributed by atoms with van der Waals surface area (Å²) in [6.45, 7) is 0. The molecule has 1 aliphatic carbocycles. The van der Waals surface area contributed by atoms with Crippen LogP contribution < -0.4 is 5.32 Å². The van der Waals surface area contributed by atoms with E-state index in [4.69, 9.17) is 0 Å². The molecule has 21 heavy (non-hydrogen) atoms. The number of nitrogens with zero attached hydrogens (tertiary/aromatic N) is 3. The van der Waals surface area contributed by atoms with Crippen molar-refractivity contribution in [2.24, 2.45) is 0 Å². The van der Waals surface area contributed by atoms with Crippen LogP contribution in [0.3, 0.4) is 0 Å². The van der Waals surface area contributed by atoms with E-state index in [0.717, 1.165) is 35.7 Å². The Morgan fingerprint density at radius 2 is 2.24 bits per heavy atom. The summed E-state index contributed by atoms with van der Waals surface area (Å²) in [4.78, 5) is 12.3. The standard InChI is InChI=1S/C14H15N5OS/c20-12(15-11-7-21-8-11)9-2-1-3-10(6-9)14(4-5-14)13-16-18-19-17-13/h1-3,6,11H,4-5,7-8H2,(H,15,20)(H,16,17,18,19). The van der Waals surface area contributed by atoms with Gasteiger partial charge in [0.05, 0.1) is 5.41 Å². The Morgan fingerprint density at radius 3 is 2.86 bits per heavy atom. The molecule has 0 radical (unpaired) electrons. The third-order valence-electron chi connectivity index (χ3n) is 4.17. The zero-order valence-corrected chi connectivity index (χ0v) is 12.2. The molecule has 1 amide bonds. The Bertz CT molecular complexity index is 664. The van der Waals surface area contributed by atoms with Crippen LogP contribution in [0, 0.1) is 0 Å². The zero-order valence-electron chi connectivity index (χ0n) is 11.4. The van der Waals surface area contributed by atoms with Gasteiger partial charge in [-0.3, -0.25) is 4.79 Å². The van der Waals surface area contributed by atoms with Gasteiger partial charge in [-0.05, 0) is 30.5 Å². The Kier molecular flexibility index (Phi) is 2.95. The Labute approximate surface area is 126 Å². The number of H-pyrrole nitrogens is 1. The van der Waals surface area contributed by atoms with E-state index in [1.807, 2.05) is 36.0 Å². The van der Waals surface area contributed by atoms with Gasteiger partial charge in [0, 0.05) is 23.1 Å². The van der Waals surface area contributed by atoms with Crippen molar-refractivity contribution in [3.05, 3.63) is 41.2 Å². The molecule has 2 heterocycles. The first-order valence-corrected chi connectivity index (χ1v) is 8.16. The fraction of sp³-hybridized carbons (Fsp3) is 0.429. The number of amides is 1. The van der Waals surface area contributed by atoms with Gasteiger partial charge >= 0.3 is 0 Å². The van der Waals surface area contributed by atoms with Crippen molar-refractivity contribution < 1.29 is 4.79 Å². The van der Waals surface area contributed by atoms with Crippen LogP contribution in [0.5, 0.6) is 0 Å². The lowest BCUT2D eigenvalue weighted by atomic mass is 9.93. The quantitative estimate of drug-likeness (QED) is 0.884. The molecule has 7 heteroatoms. The van der Waals surface area contributed by atoms with Gasteiger partial charge in [0.25, 0.3) is 5.91 Å². The van der Waals surface area contributed by atoms with Gasteiger partial charge in [0.1, 0.15) is 0 Å². The molecule has 6 nitrogen and oxygen atoms in total. The molecule has 2 fully saturated rings. The maximum atomic E-state index is 12.3. The second-order valence-electron chi connectivity index (χ2n) is 5.61. The summed E-state index contributed by atoms with van der Waals surface area (Å²) in [5.74, 6) is 2.75. The summed E-state index contributed by atoms with van der Waals surface area (Å²) in [6, 6.07) is 8.11. The lowest BCUT2D eigenvalue weighted by Crippen LogP contribution is -2.43. The lowest BCUT2D eigenvalue weighted by Gasteiger charge is -2.26. The number of rotatable bonds is 4. The van der Waals surface area contributed by atoms with E-state index in [2.05, 4.69) is 25.9 Å². The third-order valence-corrected chi connectivity index (χ3v) is 5.45. The van der Waals surface area contributed by atoms with E-state index in [-0.39, 0.29) is 11.3 Å². The van der Waals surface area contributed by atoms with Gasteiger partial charge in [-0.1, -0.05) is 17.3 Å². The summed E-state index contributed by atoms with van der Waals surface area (Å²) in [7, 11) is 0. The van der Waals surface area contributed by atoms with E-state index in [0.29, 0.717) is 11.6 Å². The fourth-order valence-electron chi connectivity index (χ4n) is 2.68. The van der Waals surface area contributed by atoms with Crippen LogP contribution in [0.1, 0.15) is 34.6 Å². The van der Waals surface area contributed by atoms with Crippen molar-refractivity contribution >= 4 is 17.7 Å². The van der Waals surface area contributed by atoms with Crippen molar-refractivity contribution in [3.8, 4) is 0 Å². The normalized spacial score (nSPS) is 19.8. The SMILES string of the molecule is O=C(NC1CSC1)c1cccc(C2(c3nn[nH]n3)CC2)c1. The molecule has 108 valence electrons. The number of hydrogen-bond acceptors (Lipinski definition) is 5. The lowest BCUT2D eigenvalue weighted by molar-refractivity contribution is 0.0942. The molecule has 2 aromatic rings. The monoisotopic (exact) mass is 301 g/mol. The topological polar surface area (TPSA) is 83.6 Å². The highest BCUT2D eigenvalue weighted by atomic mass is 32.2. The van der Waals surface area contributed by atoms with Crippen LogP contribution in [0.15, 0.2) is 24.3 Å². The third kappa shape index (κ3) is 2.21. The smallest absolute Gasteiger partial charge is 0.251 e. The van der Waals surface area contributed by atoms with Crippen molar-refractivity contribution in [1.29, 1.82) is 0 Å². The summed E-state index contributed by atoms with van der Waals surface area (Å²) in [6.07, 6.45) is 1.99. The first kappa shape index (κ1) is 12.8. The van der Waals surface area contributed by atoms with E-state index < -0.39 is 0 Å². The molecule has 0 bridgehead atoms. The number of benzene rings is 1. The van der Waals surface area contributed by atoms with Crippen LogP contribution in [0.2, 0.25) is 0 Å². The van der Waals surface area contributed by atoms with Crippen molar-refractivity contribution in [2.45, 2.75) is 24.3 Å². The number of carbonyl (C=O) groups is 1. The highest BCUT2D eigenvalue weighted by Gasteiger charge is 2.49. The summed E-state index contributed by atoms with van der Waals surface area (Å²) in [5.41, 5.74) is 1.65. The molecule has 2 aliphatic rings. The highest BCUT2D eigenvalue weighted by molar-refractivity contribution is 8.00. The maximum absolute atomic E-state index is 12.3. The number of aromatic amines is 1. The molecule has 1 saturated heterocycles. The van der Waals surface area contributed by atoms with Gasteiger partial charge in [-0.25, -0.2) is 0 Å². The average Bonchev–Trinajstić information content (AvgIpc) is 3.10. The largest absolute Gasteiger partial charge is 0.348 e. The Balaban J connectivity index is 1.60. The predicted octanol–water partition coefficient (Wildman–Crippen LogP) is 1.12. The van der Waals surface area contributed by atoms with Crippen LogP contribution in [-0.4, -0.2) is 44.1 Å². The number of thioether (sulfide) groups is 1. The number of carbonyl (C=O) groups excluding carboxylic acids is 1. The van der Waals surface area contributed by atoms with Crippen molar-refractivity contribution in [1.82, 2.24) is 25.9 Å². The maximum Gasteiger partial charge on any atom is 0.251 e. The van der Waals surface area contributed by atoms with Gasteiger partial charge in [-0.2, -0.15) is 17.0 Å². The van der Waals surface area contributed by atoms with E-state index in [1.165, 1.54) is 0 Å². The molecule has 1 aliphatic heterocycles. The molecule has 0 atom stereocenters. The molecular weight excluding hydrogens is 286 g/mol. The first-order chi connectivity index (χ1) is 10.3. The van der Waals surface area contributed by atoms with E-state index in [1.54, 1.807) is 0 Å². The molecule has 1 aromatic carbocycles. The molecule has 1 aromatic heterocycles. The van der Waals surface area contributed by atoms with Gasteiger partial charge in [0.15, 0.2) is 5.82 Å². The number of hydrogen-bond donors (Lipinski definition) is 2. The van der Waals surface area contributed by atoms with Crippen LogP contribution in [0.4, 0.5) is 0 Å². The van der Waals surface area contributed by atoms with Crippen molar-refractivity contribution in [3.63, 3.8) is 0 Å². The van der Waals surface area contributed by atoms with E-state index in [9.17, 15) is 4.79 Å². The molecule has 4 rings (SSSR count). The summed E-state index contributed by atoms with van der Waals surface area (Å²) in [5, 5.41) is 17.5. The predicted molar refractivity (Wildman–Crippen MR) is 79.2 cm³/mol. The minimum atomic E-state index is -0.157. The number of tetrazole rings is 1. The van der Waals surface area contributed by atoms with Crippen LogP contribution >= 0.6 is 11.8 Å². The minimum Gasteiger partial charge on any atom is -0.348 e. The average molecular weight is 301 g/mol. The van der Waals surface area contributed by atoms with Gasteiger partial charge in [0.2, 0.25) is 0 Å². The van der Waals surface area contributed by atoms with Crippen LogP contribution in [-0.2, 0) is 5.41 Å². The minimum absolute atomic E-state index is 0.00561. The Hall–Kier alpha value is -1.89. The fourth-order valence-corrected chi connectivity index (χ4v) is 3.31. The summed E-state index contributed by atoms with van der Waals surface area (Å²) >= 11 is 1.86. The second-order valence-corrected chi connectivity index (χ2v) is 6.68. The first-order valence-electron chi connectivity index (χ1n) is 7.01. The van der Waals surface area contributed by atoms with Crippen LogP contribution in [0.25, 0.3) is 0 Å². The molecule has 0 unspecified atom stereocenters. The zero-order chi connectivity index (χ0) is 14.3. The number of nitrogens with one attached hydrogen (secondary N) is 2. The second kappa shape index (κ2) is 4.84. The molecular formula is C14H15N5OS. The molecule has 0 spiro atoms. The van der Waals surface area contributed by atoms with E-state index >= 15 is 0 Å². The molecule has 1 saturated carbocycles.